The van der Waals surface area contributed by atoms with Crippen LogP contribution in [0.3, 0.4) is 0 Å². The fraction of sp³-hybridized carbons (Fsp3) is 0.0227. The van der Waals surface area contributed by atoms with Gasteiger partial charge >= 0.3 is 0 Å². The summed E-state index contributed by atoms with van der Waals surface area (Å²) in [6.45, 7) is 0. The molecule has 0 atom stereocenters. The molecule has 8 aromatic carbocycles. The monoisotopic (exact) mass is 586 g/mol. The van der Waals surface area contributed by atoms with Gasteiger partial charge in [0.15, 0.2) is 0 Å². The molecule has 0 bridgehead atoms. The van der Waals surface area contributed by atoms with Crippen molar-refractivity contribution >= 4 is 43.4 Å². The summed E-state index contributed by atoms with van der Waals surface area (Å²) < 4.78 is 2.19. The smallest absolute Gasteiger partial charge is 0.140 e. The maximum Gasteiger partial charge on any atom is 0.140 e. The third-order valence-corrected chi connectivity index (χ3v) is 9.40. The summed E-state index contributed by atoms with van der Waals surface area (Å²) in [6.07, 6.45) is 0. The van der Waals surface area contributed by atoms with Crippen LogP contribution in [-0.4, -0.2) is 9.55 Å². The number of fused-ring (bicyclic) bond motifs is 5. The van der Waals surface area contributed by atoms with E-state index in [1.54, 1.807) is 0 Å². The Morgan fingerprint density at radius 2 is 0.978 bits per heavy atom. The average Bonchev–Trinajstić information content (AvgIpc) is 3.46. The van der Waals surface area contributed by atoms with Gasteiger partial charge in [-0.2, -0.15) is 0 Å². The Morgan fingerprint density at radius 3 is 1.67 bits per heavy atom. The van der Waals surface area contributed by atoms with Gasteiger partial charge in [-0.05, 0) is 77.8 Å². The van der Waals surface area contributed by atoms with Gasteiger partial charge in [-0.25, -0.2) is 4.98 Å². The van der Waals surface area contributed by atoms with Crippen molar-refractivity contribution < 1.29 is 0 Å². The highest BCUT2D eigenvalue weighted by Crippen LogP contribution is 2.47. The number of aromatic nitrogens is 2. The molecule has 9 rings (SSSR count). The Bertz CT molecular complexity index is 2560. The Hall–Kier alpha value is -5.99. The van der Waals surface area contributed by atoms with E-state index in [-0.39, 0.29) is 0 Å². The Morgan fingerprint density at radius 1 is 0.413 bits per heavy atom. The van der Waals surface area contributed by atoms with E-state index in [9.17, 15) is 0 Å². The molecule has 0 spiro atoms. The molecule has 46 heavy (non-hydrogen) atoms. The lowest BCUT2D eigenvalue weighted by Crippen LogP contribution is -1.93. The summed E-state index contributed by atoms with van der Waals surface area (Å²) in [5.74, 6) is 0.976. The molecule has 2 nitrogen and oxygen atoms in total. The van der Waals surface area contributed by atoms with E-state index in [4.69, 9.17) is 4.98 Å². The first-order chi connectivity index (χ1) is 22.8. The lowest BCUT2D eigenvalue weighted by molar-refractivity contribution is 0.959. The highest BCUT2D eigenvalue weighted by Gasteiger charge is 2.20. The molecule has 0 saturated heterocycles. The van der Waals surface area contributed by atoms with Crippen molar-refractivity contribution in [1.29, 1.82) is 0 Å². The zero-order valence-corrected chi connectivity index (χ0v) is 25.5. The molecule has 0 aliphatic heterocycles. The summed E-state index contributed by atoms with van der Waals surface area (Å²) in [5.41, 5.74) is 10.6. The fourth-order valence-electron chi connectivity index (χ4n) is 7.32. The maximum atomic E-state index is 5.09. The van der Waals surface area contributed by atoms with Gasteiger partial charge in [-0.1, -0.05) is 152 Å². The van der Waals surface area contributed by atoms with E-state index < -0.39 is 0 Å². The summed E-state index contributed by atoms with van der Waals surface area (Å²) in [6, 6.07) is 59.1. The first-order valence-electron chi connectivity index (χ1n) is 15.8. The van der Waals surface area contributed by atoms with Crippen LogP contribution in [0.1, 0.15) is 0 Å². The highest BCUT2D eigenvalue weighted by atomic mass is 15.1. The van der Waals surface area contributed by atoms with Gasteiger partial charge in [-0.3, -0.25) is 0 Å². The molecule has 1 aromatic heterocycles. The molecule has 0 radical (unpaired) electrons. The second-order valence-electron chi connectivity index (χ2n) is 12.0. The van der Waals surface area contributed by atoms with Crippen molar-refractivity contribution in [2.24, 2.45) is 7.05 Å². The second-order valence-corrected chi connectivity index (χ2v) is 12.0. The third kappa shape index (κ3) is 4.08. The molecular formula is C44H30N2. The first kappa shape index (κ1) is 26.4. The van der Waals surface area contributed by atoms with Crippen molar-refractivity contribution in [1.82, 2.24) is 9.55 Å². The minimum absolute atomic E-state index is 0.976. The standard InChI is InChI=1S/C44H30N2/c1-46-40-27-24-32(28-39(40)45-44(46)31-18-9-4-10-19-31)33-22-13-23-35-34(33)25-26-38-41(29-14-5-2-6-15-29)36-20-11-12-21-37(36)42(43(35)38)30-16-7-3-8-17-30/h2-28H,1H3. The Labute approximate surface area is 267 Å². The van der Waals surface area contributed by atoms with Crippen LogP contribution in [0, 0.1) is 0 Å². The number of hydrogen-bond donors (Lipinski definition) is 0. The normalized spacial score (nSPS) is 11.6. The van der Waals surface area contributed by atoms with Crippen molar-refractivity contribution in [2.75, 3.05) is 0 Å². The molecular weight excluding hydrogens is 556 g/mol. The Kier molecular flexibility index (Phi) is 6.07. The lowest BCUT2D eigenvalue weighted by Gasteiger charge is -2.20. The van der Waals surface area contributed by atoms with Gasteiger partial charge in [0.2, 0.25) is 0 Å². The van der Waals surface area contributed by atoms with E-state index in [0.717, 1.165) is 22.4 Å². The predicted molar refractivity (Wildman–Crippen MR) is 195 cm³/mol. The minimum Gasteiger partial charge on any atom is -0.327 e. The molecule has 0 unspecified atom stereocenters. The van der Waals surface area contributed by atoms with Crippen molar-refractivity contribution in [3.05, 3.63) is 164 Å². The quantitative estimate of drug-likeness (QED) is 0.148. The number of hydrogen-bond acceptors (Lipinski definition) is 1. The molecule has 2 heteroatoms. The van der Waals surface area contributed by atoms with Gasteiger partial charge in [0.25, 0.3) is 0 Å². The van der Waals surface area contributed by atoms with E-state index in [2.05, 4.69) is 169 Å². The summed E-state index contributed by atoms with van der Waals surface area (Å²) in [7, 11) is 2.10. The summed E-state index contributed by atoms with van der Waals surface area (Å²) >= 11 is 0. The molecule has 0 amide bonds. The molecule has 0 aliphatic rings. The number of benzene rings is 8. The Balaban J connectivity index is 1.36. The molecule has 0 aliphatic carbocycles. The zero-order chi connectivity index (χ0) is 30.6. The predicted octanol–water partition coefficient (Wildman–Crippen LogP) is 11.7. The molecule has 9 aromatic rings. The SMILES string of the molecule is Cn1c(-c2ccccc2)nc2cc(-c3cccc4c3ccc3c(-c5ccccc5)c5ccccc5c(-c5ccccc5)c34)ccc21. The first-order valence-corrected chi connectivity index (χ1v) is 15.8. The van der Waals surface area contributed by atoms with Gasteiger partial charge < -0.3 is 4.57 Å². The van der Waals surface area contributed by atoms with Gasteiger partial charge in [0.05, 0.1) is 11.0 Å². The number of nitrogens with zero attached hydrogens (tertiary/aromatic N) is 2. The highest BCUT2D eigenvalue weighted by molar-refractivity contribution is 6.28. The van der Waals surface area contributed by atoms with Crippen LogP contribution in [-0.2, 0) is 7.05 Å². The van der Waals surface area contributed by atoms with E-state index in [1.807, 2.05) is 6.07 Å². The van der Waals surface area contributed by atoms with Crippen LogP contribution < -0.4 is 0 Å². The maximum absolute atomic E-state index is 5.09. The number of imidazole rings is 1. The topological polar surface area (TPSA) is 17.8 Å². The van der Waals surface area contributed by atoms with Gasteiger partial charge in [0.1, 0.15) is 5.82 Å². The van der Waals surface area contributed by atoms with E-state index in [0.29, 0.717) is 0 Å². The van der Waals surface area contributed by atoms with Crippen LogP contribution in [0.4, 0.5) is 0 Å². The summed E-state index contributed by atoms with van der Waals surface area (Å²) in [5, 5.41) is 7.57. The fourth-order valence-corrected chi connectivity index (χ4v) is 7.32. The van der Waals surface area contributed by atoms with Crippen LogP contribution in [0.2, 0.25) is 0 Å². The molecule has 0 fully saturated rings. The van der Waals surface area contributed by atoms with Crippen molar-refractivity contribution in [3.8, 4) is 44.8 Å². The van der Waals surface area contributed by atoms with Gasteiger partial charge in [-0.15, -0.1) is 0 Å². The van der Waals surface area contributed by atoms with Crippen molar-refractivity contribution in [2.45, 2.75) is 0 Å². The molecule has 0 saturated carbocycles. The molecule has 1 heterocycles. The number of rotatable bonds is 4. The number of aryl methyl sites for hydroxylation is 1. The summed E-state index contributed by atoms with van der Waals surface area (Å²) in [4.78, 5) is 5.09. The van der Waals surface area contributed by atoms with Crippen LogP contribution in [0.25, 0.3) is 88.1 Å². The van der Waals surface area contributed by atoms with Crippen LogP contribution in [0.5, 0.6) is 0 Å². The van der Waals surface area contributed by atoms with Gasteiger partial charge in [0, 0.05) is 12.6 Å². The molecule has 0 N–H and O–H groups in total. The third-order valence-electron chi connectivity index (χ3n) is 9.40. The molecule has 216 valence electrons. The van der Waals surface area contributed by atoms with Crippen LogP contribution in [0.15, 0.2) is 164 Å². The minimum atomic E-state index is 0.976. The van der Waals surface area contributed by atoms with E-state index in [1.165, 1.54) is 65.7 Å². The van der Waals surface area contributed by atoms with Crippen LogP contribution >= 0.6 is 0 Å². The van der Waals surface area contributed by atoms with Crippen molar-refractivity contribution in [3.63, 3.8) is 0 Å². The largest absolute Gasteiger partial charge is 0.327 e. The average molecular weight is 587 g/mol. The zero-order valence-electron chi connectivity index (χ0n) is 25.5. The lowest BCUT2D eigenvalue weighted by atomic mass is 9.83. The second kappa shape index (κ2) is 10.6. The van der Waals surface area contributed by atoms with E-state index >= 15 is 0 Å².